The Labute approximate surface area is 126 Å². The fourth-order valence-electron chi connectivity index (χ4n) is 2.03. The summed E-state index contributed by atoms with van der Waals surface area (Å²) >= 11 is 2.15. The molecule has 1 aliphatic rings. The average Bonchev–Trinajstić information content (AvgIpc) is 2.76. The number of rotatable bonds is 8. The fraction of sp³-hybridized carbons (Fsp3) is 1.00. The molecule has 0 aromatic rings. The van der Waals surface area contributed by atoms with Gasteiger partial charge in [-0.2, -0.15) is 8.78 Å². The first kappa shape index (κ1) is 17.8. The van der Waals surface area contributed by atoms with Gasteiger partial charge >= 0.3 is 13.3 Å². The smallest absolute Gasteiger partial charge is 0.381 e. The molecular weight excluding hydrogens is 392 g/mol. The van der Waals surface area contributed by atoms with Crippen molar-refractivity contribution in [2.24, 2.45) is 11.8 Å². The summed E-state index contributed by atoms with van der Waals surface area (Å²) in [7, 11) is -4.40. The van der Waals surface area contributed by atoms with Crippen molar-refractivity contribution in [3.05, 3.63) is 0 Å². The monoisotopic (exact) mass is 412 g/mol. The highest BCUT2D eigenvalue weighted by Crippen LogP contribution is 2.64. The Morgan fingerprint density at radius 2 is 1.79 bits per heavy atom. The zero-order chi connectivity index (χ0) is 14.5. The minimum atomic E-state index is -4.40. The van der Waals surface area contributed by atoms with Gasteiger partial charge in [0.25, 0.3) is 0 Å². The molecule has 1 heterocycles. The number of ether oxygens (including phenoxy) is 1. The first-order valence-corrected chi connectivity index (χ1v) is 9.37. The average molecular weight is 412 g/mol. The van der Waals surface area contributed by atoms with Crippen LogP contribution in [0.4, 0.5) is 8.78 Å². The van der Waals surface area contributed by atoms with Crippen molar-refractivity contribution in [2.45, 2.75) is 25.9 Å². The maximum absolute atomic E-state index is 14.2. The standard InChI is InChI=1S/C11H20F2IO4P/c1-3-17-19(15,18-4-2)11(12,13)5-9-7-16-8-10(9)6-14/h9-10H,3-8H2,1-2H3/t9-,10-/m1/s1. The highest BCUT2D eigenvalue weighted by molar-refractivity contribution is 14.1. The number of halogens is 3. The summed E-state index contributed by atoms with van der Waals surface area (Å²) in [5.41, 5.74) is -3.47. The van der Waals surface area contributed by atoms with Gasteiger partial charge in [-0.15, -0.1) is 0 Å². The Bertz CT molecular complexity index is 320. The Balaban J connectivity index is 2.79. The molecule has 0 radical (unpaired) electrons. The normalized spacial score (nSPS) is 24.9. The molecule has 0 N–H and O–H groups in total. The van der Waals surface area contributed by atoms with Crippen LogP contribution in [0.5, 0.6) is 0 Å². The van der Waals surface area contributed by atoms with Crippen molar-refractivity contribution in [3.8, 4) is 0 Å². The number of hydrogen-bond donors (Lipinski definition) is 0. The molecule has 4 nitrogen and oxygen atoms in total. The topological polar surface area (TPSA) is 44.8 Å². The second kappa shape index (κ2) is 7.64. The van der Waals surface area contributed by atoms with Gasteiger partial charge in [-0.25, -0.2) is 0 Å². The van der Waals surface area contributed by atoms with E-state index < -0.39 is 19.7 Å². The van der Waals surface area contributed by atoms with Crippen LogP contribution in [-0.4, -0.2) is 36.5 Å². The number of alkyl halides is 3. The van der Waals surface area contributed by atoms with Gasteiger partial charge in [-0.3, -0.25) is 4.57 Å². The summed E-state index contributed by atoms with van der Waals surface area (Å²) in [4.78, 5) is 0. The first-order valence-electron chi connectivity index (χ1n) is 6.31. The van der Waals surface area contributed by atoms with Crippen molar-refractivity contribution >= 4 is 30.2 Å². The lowest BCUT2D eigenvalue weighted by molar-refractivity contribution is 0.0134. The minimum Gasteiger partial charge on any atom is -0.381 e. The van der Waals surface area contributed by atoms with E-state index in [1.54, 1.807) is 0 Å². The predicted octanol–water partition coefficient (Wildman–Crippen LogP) is 3.93. The van der Waals surface area contributed by atoms with Crippen molar-refractivity contribution in [1.82, 2.24) is 0 Å². The van der Waals surface area contributed by atoms with E-state index in [-0.39, 0.29) is 31.7 Å². The molecule has 0 spiro atoms. The molecule has 0 bridgehead atoms. The van der Waals surface area contributed by atoms with Gasteiger partial charge in [0, 0.05) is 10.8 Å². The van der Waals surface area contributed by atoms with Gasteiger partial charge in [0.1, 0.15) is 0 Å². The third-order valence-electron chi connectivity index (χ3n) is 3.04. The van der Waals surface area contributed by atoms with Gasteiger partial charge in [0.15, 0.2) is 0 Å². The minimum absolute atomic E-state index is 0.0657. The van der Waals surface area contributed by atoms with Crippen LogP contribution in [0.2, 0.25) is 0 Å². The fourth-order valence-corrected chi connectivity index (χ4v) is 4.60. The van der Waals surface area contributed by atoms with Crippen LogP contribution in [0.25, 0.3) is 0 Å². The van der Waals surface area contributed by atoms with Crippen molar-refractivity contribution in [2.75, 3.05) is 30.9 Å². The molecule has 0 aliphatic carbocycles. The summed E-state index contributed by atoms with van der Waals surface area (Å²) in [6, 6.07) is 0. The first-order chi connectivity index (χ1) is 8.90. The van der Waals surface area contributed by atoms with Crippen molar-refractivity contribution in [1.29, 1.82) is 0 Å². The van der Waals surface area contributed by atoms with Crippen molar-refractivity contribution < 1.29 is 27.1 Å². The Morgan fingerprint density at radius 1 is 1.26 bits per heavy atom. The second-order valence-electron chi connectivity index (χ2n) is 4.41. The SMILES string of the molecule is CCOP(=O)(OCC)C(F)(F)C[C@@H]1COC[C@H]1CI. The van der Waals surface area contributed by atoms with E-state index in [1.807, 2.05) is 0 Å². The number of hydrogen-bond acceptors (Lipinski definition) is 4. The third-order valence-corrected chi connectivity index (χ3v) is 6.35. The van der Waals surface area contributed by atoms with E-state index in [2.05, 4.69) is 22.6 Å². The Hall–Kier alpha value is 0.700. The van der Waals surface area contributed by atoms with Gasteiger partial charge < -0.3 is 13.8 Å². The molecule has 114 valence electrons. The van der Waals surface area contributed by atoms with E-state index in [1.165, 1.54) is 13.8 Å². The lowest BCUT2D eigenvalue weighted by Crippen LogP contribution is -2.27. The molecule has 0 amide bonds. The Kier molecular flexibility index (Phi) is 7.13. The van der Waals surface area contributed by atoms with Gasteiger partial charge in [0.05, 0.1) is 26.4 Å². The molecule has 0 aromatic heterocycles. The van der Waals surface area contributed by atoms with E-state index in [0.717, 1.165) is 4.43 Å². The second-order valence-corrected chi connectivity index (χ2v) is 7.46. The van der Waals surface area contributed by atoms with Gasteiger partial charge in [-0.1, -0.05) is 22.6 Å². The molecular formula is C11H20F2IO4P. The summed E-state index contributed by atoms with van der Waals surface area (Å²) in [6.07, 6.45) is -0.516. The van der Waals surface area contributed by atoms with Crippen LogP contribution in [0.15, 0.2) is 0 Å². The molecule has 0 saturated carbocycles. The van der Waals surface area contributed by atoms with E-state index in [4.69, 9.17) is 13.8 Å². The maximum atomic E-state index is 14.2. The van der Waals surface area contributed by atoms with Crippen molar-refractivity contribution in [3.63, 3.8) is 0 Å². The molecule has 19 heavy (non-hydrogen) atoms. The quantitative estimate of drug-likeness (QED) is 0.344. The third kappa shape index (κ3) is 4.33. The van der Waals surface area contributed by atoms with Gasteiger partial charge in [-0.05, 0) is 25.7 Å². The van der Waals surface area contributed by atoms with Gasteiger partial charge in [0.2, 0.25) is 0 Å². The molecule has 2 atom stereocenters. The van der Waals surface area contributed by atoms with Crippen LogP contribution in [-0.2, 0) is 18.3 Å². The molecule has 1 rings (SSSR count). The van der Waals surface area contributed by atoms with Crippen LogP contribution in [0.3, 0.4) is 0 Å². The summed E-state index contributed by atoms with van der Waals surface area (Å²) in [6.45, 7) is 3.67. The van der Waals surface area contributed by atoms with E-state index in [9.17, 15) is 13.3 Å². The molecule has 0 unspecified atom stereocenters. The zero-order valence-electron chi connectivity index (χ0n) is 11.1. The lowest BCUT2D eigenvalue weighted by atomic mass is 9.95. The maximum Gasteiger partial charge on any atom is 0.399 e. The van der Waals surface area contributed by atoms with E-state index >= 15 is 0 Å². The van der Waals surface area contributed by atoms with Crippen LogP contribution in [0, 0.1) is 11.8 Å². The lowest BCUT2D eigenvalue weighted by Gasteiger charge is -2.28. The van der Waals surface area contributed by atoms with Crippen LogP contribution in [0.1, 0.15) is 20.3 Å². The summed E-state index contributed by atoms with van der Waals surface area (Å²) < 4.78 is 56.1. The molecule has 1 aliphatic heterocycles. The predicted molar refractivity (Wildman–Crippen MR) is 77.1 cm³/mol. The highest BCUT2D eigenvalue weighted by atomic mass is 127. The molecule has 0 aromatic carbocycles. The van der Waals surface area contributed by atoms with E-state index in [0.29, 0.717) is 6.61 Å². The molecule has 8 heteroatoms. The highest BCUT2D eigenvalue weighted by Gasteiger charge is 2.55. The Morgan fingerprint density at radius 3 is 2.26 bits per heavy atom. The molecule has 1 saturated heterocycles. The summed E-state index contributed by atoms with van der Waals surface area (Å²) in [5, 5.41) is 0. The van der Waals surface area contributed by atoms with Crippen LogP contribution < -0.4 is 0 Å². The molecule has 1 fully saturated rings. The zero-order valence-corrected chi connectivity index (χ0v) is 14.2. The summed E-state index contributed by atoms with van der Waals surface area (Å²) in [5.74, 6) is -0.232. The van der Waals surface area contributed by atoms with Crippen LogP contribution >= 0.6 is 30.2 Å². The largest absolute Gasteiger partial charge is 0.399 e.